The van der Waals surface area contributed by atoms with Gasteiger partial charge in [-0.2, -0.15) is 0 Å². The van der Waals surface area contributed by atoms with Crippen molar-refractivity contribution in [3.05, 3.63) is 58.7 Å². The highest BCUT2D eigenvalue weighted by atomic mass is 32.2. The standard InChI is InChI=1S/C19H16N4O4S/c1-23(2)18(25)17(24)13-9-20-14-5-3-10(7-12(13)14)22-28-11-4-6-15-16(8-11)27-19(26)21-15/h3-9,20,22H,1-2H3,(H,21,26). The fourth-order valence-electron chi connectivity index (χ4n) is 2.80. The van der Waals surface area contributed by atoms with Crippen molar-refractivity contribution in [2.45, 2.75) is 4.90 Å². The summed E-state index contributed by atoms with van der Waals surface area (Å²) < 4.78 is 8.26. The molecule has 0 atom stereocenters. The molecule has 0 aliphatic rings. The average molecular weight is 396 g/mol. The summed E-state index contributed by atoms with van der Waals surface area (Å²) in [6.45, 7) is 0. The summed E-state index contributed by atoms with van der Waals surface area (Å²) in [4.78, 5) is 43.4. The third-order valence-electron chi connectivity index (χ3n) is 4.21. The van der Waals surface area contributed by atoms with E-state index >= 15 is 0 Å². The van der Waals surface area contributed by atoms with Crippen LogP contribution in [-0.2, 0) is 4.79 Å². The number of nitrogens with one attached hydrogen (secondary N) is 3. The molecule has 2 aromatic heterocycles. The van der Waals surface area contributed by atoms with Crippen molar-refractivity contribution in [3.63, 3.8) is 0 Å². The topological polar surface area (TPSA) is 111 Å². The Kier molecular flexibility index (Phi) is 4.44. The van der Waals surface area contributed by atoms with Crippen LogP contribution in [-0.4, -0.2) is 40.7 Å². The van der Waals surface area contributed by atoms with Crippen LogP contribution < -0.4 is 10.5 Å². The second kappa shape index (κ2) is 6.93. The maximum Gasteiger partial charge on any atom is 0.417 e. The zero-order chi connectivity index (χ0) is 19.8. The van der Waals surface area contributed by atoms with Gasteiger partial charge >= 0.3 is 5.76 Å². The molecule has 28 heavy (non-hydrogen) atoms. The second-order valence-corrected chi connectivity index (χ2v) is 7.25. The summed E-state index contributed by atoms with van der Waals surface area (Å²) in [5, 5.41) is 0.665. The lowest BCUT2D eigenvalue weighted by atomic mass is 10.1. The van der Waals surface area contributed by atoms with Crippen molar-refractivity contribution in [2.24, 2.45) is 0 Å². The summed E-state index contributed by atoms with van der Waals surface area (Å²) in [6.07, 6.45) is 1.55. The number of fused-ring (bicyclic) bond motifs is 2. The van der Waals surface area contributed by atoms with Gasteiger partial charge in [0.05, 0.1) is 11.1 Å². The van der Waals surface area contributed by atoms with E-state index in [1.54, 1.807) is 32.4 Å². The molecule has 4 rings (SSSR count). The molecule has 3 N–H and O–H groups in total. The molecule has 2 heterocycles. The minimum atomic E-state index is -0.574. The van der Waals surface area contributed by atoms with Crippen molar-refractivity contribution in [1.29, 1.82) is 0 Å². The number of hydrogen-bond donors (Lipinski definition) is 3. The van der Waals surface area contributed by atoms with Crippen molar-refractivity contribution >= 4 is 51.3 Å². The van der Waals surface area contributed by atoms with Gasteiger partial charge in [-0.25, -0.2) is 4.79 Å². The van der Waals surface area contributed by atoms with Gasteiger partial charge in [0, 0.05) is 41.8 Å². The number of oxazole rings is 1. The van der Waals surface area contributed by atoms with Gasteiger partial charge < -0.3 is 19.0 Å². The molecule has 0 saturated heterocycles. The van der Waals surface area contributed by atoms with E-state index in [4.69, 9.17) is 4.42 Å². The lowest BCUT2D eigenvalue weighted by molar-refractivity contribution is -0.124. The first-order valence-corrected chi connectivity index (χ1v) is 9.17. The second-order valence-electron chi connectivity index (χ2n) is 6.37. The van der Waals surface area contributed by atoms with Crippen LogP contribution in [0.1, 0.15) is 10.4 Å². The SMILES string of the molecule is CN(C)C(=O)C(=O)c1c[nH]c2ccc(NSc3ccc4[nH]c(=O)oc4c3)cc12. The predicted molar refractivity (Wildman–Crippen MR) is 108 cm³/mol. The summed E-state index contributed by atoms with van der Waals surface area (Å²) in [6, 6.07) is 10.9. The van der Waals surface area contributed by atoms with Crippen molar-refractivity contribution in [2.75, 3.05) is 18.8 Å². The first kappa shape index (κ1) is 17.9. The molecule has 0 bridgehead atoms. The van der Waals surface area contributed by atoms with Crippen LogP contribution in [0.25, 0.3) is 22.0 Å². The summed E-state index contributed by atoms with van der Waals surface area (Å²) in [5.74, 6) is -1.63. The molecule has 0 saturated carbocycles. The van der Waals surface area contributed by atoms with Gasteiger partial charge in [0.1, 0.15) is 0 Å². The highest BCUT2D eigenvalue weighted by molar-refractivity contribution is 8.00. The Bertz CT molecular complexity index is 1270. The minimum Gasteiger partial charge on any atom is -0.408 e. The molecule has 1 amide bonds. The monoisotopic (exact) mass is 396 g/mol. The van der Waals surface area contributed by atoms with E-state index in [0.29, 0.717) is 22.0 Å². The smallest absolute Gasteiger partial charge is 0.408 e. The maximum absolute atomic E-state index is 12.4. The summed E-state index contributed by atoms with van der Waals surface area (Å²) >= 11 is 1.34. The number of Topliss-reactive ketones (excluding diaryl/α,β-unsaturated/α-hetero) is 1. The van der Waals surface area contributed by atoms with Crippen LogP contribution in [0.15, 0.2) is 56.7 Å². The molecule has 0 aliphatic heterocycles. The molecule has 0 unspecified atom stereocenters. The molecule has 4 aromatic rings. The number of rotatable bonds is 5. The Balaban J connectivity index is 1.58. The quantitative estimate of drug-likeness (QED) is 0.272. The number of anilines is 1. The van der Waals surface area contributed by atoms with Crippen LogP contribution in [0.5, 0.6) is 0 Å². The highest BCUT2D eigenvalue weighted by Crippen LogP contribution is 2.28. The van der Waals surface area contributed by atoms with E-state index in [0.717, 1.165) is 16.1 Å². The average Bonchev–Trinajstić information content (AvgIpc) is 3.26. The van der Waals surface area contributed by atoms with E-state index in [-0.39, 0.29) is 0 Å². The zero-order valence-corrected chi connectivity index (χ0v) is 15.8. The van der Waals surface area contributed by atoms with E-state index in [1.165, 1.54) is 16.8 Å². The number of likely N-dealkylation sites (N-methyl/N-ethyl adjacent to an activating group) is 1. The van der Waals surface area contributed by atoms with E-state index < -0.39 is 17.4 Å². The van der Waals surface area contributed by atoms with Crippen LogP contribution in [0.3, 0.4) is 0 Å². The fourth-order valence-corrected chi connectivity index (χ4v) is 3.46. The molecule has 2 aromatic carbocycles. The highest BCUT2D eigenvalue weighted by Gasteiger charge is 2.21. The van der Waals surface area contributed by atoms with Crippen LogP contribution in [0.4, 0.5) is 5.69 Å². The molecule has 0 fully saturated rings. The van der Waals surface area contributed by atoms with Crippen molar-refractivity contribution in [3.8, 4) is 0 Å². The van der Waals surface area contributed by atoms with Gasteiger partial charge in [-0.05, 0) is 48.3 Å². The summed E-state index contributed by atoms with van der Waals surface area (Å²) in [7, 11) is 3.09. The lowest BCUT2D eigenvalue weighted by Gasteiger charge is -2.09. The van der Waals surface area contributed by atoms with Gasteiger partial charge in [-0.15, -0.1) is 0 Å². The van der Waals surface area contributed by atoms with Gasteiger partial charge in [-0.3, -0.25) is 14.6 Å². The van der Waals surface area contributed by atoms with Crippen LogP contribution in [0.2, 0.25) is 0 Å². The van der Waals surface area contributed by atoms with Gasteiger partial charge in [0.2, 0.25) is 0 Å². The fraction of sp³-hybridized carbons (Fsp3) is 0.105. The molecular weight excluding hydrogens is 380 g/mol. The van der Waals surface area contributed by atoms with Gasteiger partial charge in [0.25, 0.3) is 11.7 Å². The lowest BCUT2D eigenvalue weighted by Crippen LogP contribution is -2.29. The first-order valence-electron chi connectivity index (χ1n) is 8.35. The molecule has 142 valence electrons. The Hall–Kier alpha value is -3.46. The minimum absolute atomic E-state index is 0.331. The zero-order valence-electron chi connectivity index (χ0n) is 15.0. The van der Waals surface area contributed by atoms with E-state index in [2.05, 4.69) is 14.7 Å². The van der Waals surface area contributed by atoms with Crippen molar-refractivity contribution in [1.82, 2.24) is 14.9 Å². The number of carbonyl (C=O) groups is 2. The number of amides is 1. The Labute approximate surface area is 163 Å². The predicted octanol–water partition coefficient (Wildman–Crippen LogP) is 2.99. The summed E-state index contributed by atoms with van der Waals surface area (Å²) in [5.41, 5.74) is 2.97. The number of aromatic amines is 2. The van der Waals surface area contributed by atoms with Crippen LogP contribution >= 0.6 is 11.9 Å². The van der Waals surface area contributed by atoms with Crippen LogP contribution in [0, 0.1) is 0 Å². The van der Waals surface area contributed by atoms with Crippen molar-refractivity contribution < 1.29 is 14.0 Å². The van der Waals surface area contributed by atoms with Gasteiger partial charge in [-0.1, -0.05) is 0 Å². The molecular formula is C19H16N4O4S. The first-order chi connectivity index (χ1) is 13.4. The number of benzene rings is 2. The Morgan fingerprint density at radius 2 is 1.89 bits per heavy atom. The maximum atomic E-state index is 12.4. The number of ketones is 1. The number of carbonyl (C=O) groups excluding carboxylic acids is 2. The number of aromatic nitrogens is 2. The molecule has 0 aliphatic carbocycles. The third kappa shape index (κ3) is 3.27. The number of H-pyrrole nitrogens is 2. The molecule has 0 spiro atoms. The van der Waals surface area contributed by atoms with E-state index in [9.17, 15) is 14.4 Å². The number of nitrogens with zero attached hydrogens (tertiary/aromatic N) is 1. The Morgan fingerprint density at radius 1 is 1.11 bits per heavy atom. The normalized spacial score (nSPS) is 11.1. The molecule has 8 nitrogen and oxygen atoms in total. The molecule has 9 heteroatoms. The Morgan fingerprint density at radius 3 is 2.68 bits per heavy atom. The number of hydrogen-bond acceptors (Lipinski definition) is 6. The van der Waals surface area contributed by atoms with E-state index in [1.807, 2.05) is 24.3 Å². The largest absolute Gasteiger partial charge is 0.417 e. The third-order valence-corrected chi connectivity index (χ3v) is 5.03. The van der Waals surface area contributed by atoms with Gasteiger partial charge in [0.15, 0.2) is 5.58 Å². The molecule has 0 radical (unpaired) electrons.